The molecule has 1 aliphatic rings. The molecule has 0 aromatic heterocycles. The standard InChI is InChI=1S/C14H20N2O2/c1-2-18-13-9-7-12(8-10-13)16-14(17)15-11-5-3-4-6-11/h7-11H,2-6H2,1H3,(H2,15,16,17). The Kier molecular flexibility index (Phi) is 4.45. The molecule has 0 radical (unpaired) electrons. The highest BCUT2D eigenvalue weighted by Crippen LogP contribution is 2.18. The smallest absolute Gasteiger partial charge is 0.319 e. The van der Waals surface area contributed by atoms with Crippen molar-refractivity contribution >= 4 is 11.7 Å². The molecule has 2 rings (SSSR count). The van der Waals surface area contributed by atoms with Gasteiger partial charge in [0.05, 0.1) is 6.61 Å². The number of carbonyl (C=O) groups is 1. The van der Waals surface area contributed by atoms with E-state index in [0.717, 1.165) is 24.3 Å². The van der Waals surface area contributed by atoms with E-state index in [-0.39, 0.29) is 6.03 Å². The Balaban J connectivity index is 1.82. The fraction of sp³-hybridized carbons (Fsp3) is 0.500. The van der Waals surface area contributed by atoms with Crippen LogP contribution < -0.4 is 15.4 Å². The maximum atomic E-state index is 11.7. The molecule has 2 amide bonds. The number of anilines is 1. The van der Waals surface area contributed by atoms with E-state index >= 15 is 0 Å². The van der Waals surface area contributed by atoms with Gasteiger partial charge in [-0.25, -0.2) is 4.79 Å². The van der Waals surface area contributed by atoms with E-state index in [1.165, 1.54) is 12.8 Å². The highest BCUT2D eigenvalue weighted by atomic mass is 16.5. The van der Waals surface area contributed by atoms with Crippen LogP contribution in [0, 0.1) is 0 Å². The van der Waals surface area contributed by atoms with E-state index in [0.29, 0.717) is 12.6 Å². The van der Waals surface area contributed by atoms with Crippen LogP contribution in [0.3, 0.4) is 0 Å². The van der Waals surface area contributed by atoms with Crippen molar-refractivity contribution in [1.29, 1.82) is 0 Å². The Morgan fingerprint density at radius 1 is 1.28 bits per heavy atom. The van der Waals surface area contributed by atoms with E-state index in [1.807, 2.05) is 31.2 Å². The molecule has 0 aliphatic heterocycles. The summed E-state index contributed by atoms with van der Waals surface area (Å²) >= 11 is 0. The molecule has 18 heavy (non-hydrogen) atoms. The number of amides is 2. The lowest BCUT2D eigenvalue weighted by Crippen LogP contribution is -2.36. The predicted octanol–water partition coefficient (Wildman–Crippen LogP) is 3.15. The van der Waals surface area contributed by atoms with Gasteiger partial charge in [0.1, 0.15) is 5.75 Å². The summed E-state index contributed by atoms with van der Waals surface area (Å²) in [4.78, 5) is 11.7. The average molecular weight is 248 g/mol. The first-order valence-corrected chi connectivity index (χ1v) is 6.58. The Bertz CT molecular complexity index is 383. The highest BCUT2D eigenvalue weighted by molar-refractivity contribution is 5.89. The normalized spacial score (nSPS) is 15.4. The summed E-state index contributed by atoms with van der Waals surface area (Å²) in [5, 5.41) is 5.82. The molecule has 2 N–H and O–H groups in total. The van der Waals surface area contributed by atoms with Crippen molar-refractivity contribution in [2.24, 2.45) is 0 Å². The van der Waals surface area contributed by atoms with Crippen LogP contribution in [0.2, 0.25) is 0 Å². The Labute approximate surface area is 108 Å². The third kappa shape index (κ3) is 3.65. The van der Waals surface area contributed by atoms with E-state index < -0.39 is 0 Å². The van der Waals surface area contributed by atoms with E-state index in [1.54, 1.807) is 0 Å². The fourth-order valence-corrected chi connectivity index (χ4v) is 2.22. The molecular weight excluding hydrogens is 228 g/mol. The number of hydrogen-bond donors (Lipinski definition) is 2. The number of nitrogens with one attached hydrogen (secondary N) is 2. The molecule has 0 spiro atoms. The number of ether oxygens (including phenoxy) is 1. The van der Waals surface area contributed by atoms with Crippen LogP contribution in [-0.4, -0.2) is 18.7 Å². The highest BCUT2D eigenvalue weighted by Gasteiger charge is 2.16. The van der Waals surface area contributed by atoms with E-state index in [2.05, 4.69) is 10.6 Å². The summed E-state index contributed by atoms with van der Waals surface area (Å²) in [6.45, 7) is 2.59. The molecule has 0 heterocycles. The van der Waals surface area contributed by atoms with Gasteiger partial charge in [-0.1, -0.05) is 12.8 Å². The van der Waals surface area contributed by atoms with Crippen LogP contribution in [0.1, 0.15) is 32.6 Å². The lowest BCUT2D eigenvalue weighted by atomic mass is 10.2. The number of benzene rings is 1. The van der Waals surface area contributed by atoms with Crippen LogP contribution in [-0.2, 0) is 0 Å². The molecule has 0 unspecified atom stereocenters. The van der Waals surface area contributed by atoms with Crippen LogP contribution in [0.4, 0.5) is 10.5 Å². The summed E-state index contributed by atoms with van der Waals surface area (Å²) in [6, 6.07) is 7.63. The van der Waals surface area contributed by atoms with Crippen molar-refractivity contribution in [3.8, 4) is 5.75 Å². The number of carbonyl (C=O) groups excluding carboxylic acids is 1. The first-order chi connectivity index (χ1) is 8.78. The maximum Gasteiger partial charge on any atom is 0.319 e. The monoisotopic (exact) mass is 248 g/mol. The predicted molar refractivity (Wildman–Crippen MR) is 72.0 cm³/mol. The second kappa shape index (κ2) is 6.28. The summed E-state index contributed by atoms with van der Waals surface area (Å²) < 4.78 is 5.35. The lowest BCUT2D eigenvalue weighted by molar-refractivity contribution is 0.248. The minimum atomic E-state index is -0.119. The van der Waals surface area contributed by atoms with Crippen molar-refractivity contribution in [1.82, 2.24) is 5.32 Å². The van der Waals surface area contributed by atoms with Crippen molar-refractivity contribution in [2.75, 3.05) is 11.9 Å². The molecule has 1 aliphatic carbocycles. The Morgan fingerprint density at radius 2 is 1.94 bits per heavy atom. The van der Waals surface area contributed by atoms with Gasteiger partial charge in [-0.05, 0) is 44.0 Å². The number of hydrogen-bond acceptors (Lipinski definition) is 2. The van der Waals surface area contributed by atoms with Gasteiger partial charge in [0.25, 0.3) is 0 Å². The van der Waals surface area contributed by atoms with Crippen molar-refractivity contribution in [3.05, 3.63) is 24.3 Å². The van der Waals surface area contributed by atoms with Crippen LogP contribution >= 0.6 is 0 Å². The van der Waals surface area contributed by atoms with Gasteiger partial charge >= 0.3 is 6.03 Å². The quantitative estimate of drug-likeness (QED) is 0.860. The molecule has 1 aromatic carbocycles. The molecule has 1 aromatic rings. The van der Waals surface area contributed by atoms with Gasteiger partial charge in [-0.15, -0.1) is 0 Å². The molecule has 0 saturated heterocycles. The minimum Gasteiger partial charge on any atom is -0.494 e. The summed E-state index contributed by atoms with van der Waals surface area (Å²) in [6.07, 6.45) is 4.62. The van der Waals surface area contributed by atoms with Crippen LogP contribution in [0.15, 0.2) is 24.3 Å². The topological polar surface area (TPSA) is 50.4 Å². The molecule has 4 nitrogen and oxygen atoms in total. The van der Waals surface area contributed by atoms with Crippen LogP contribution in [0.5, 0.6) is 5.75 Å². The van der Waals surface area contributed by atoms with Gasteiger partial charge in [0.2, 0.25) is 0 Å². The molecule has 1 saturated carbocycles. The zero-order valence-corrected chi connectivity index (χ0v) is 10.7. The van der Waals surface area contributed by atoms with Crippen molar-refractivity contribution in [3.63, 3.8) is 0 Å². The molecule has 98 valence electrons. The van der Waals surface area contributed by atoms with E-state index in [9.17, 15) is 4.79 Å². The maximum absolute atomic E-state index is 11.7. The fourth-order valence-electron chi connectivity index (χ4n) is 2.22. The molecular formula is C14H20N2O2. The third-order valence-corrected chi connectivity index (χ3v) is 3.11. The van der Waals surface area contributed by atoms with Gasteiger partial charge in [-0.2, -0.15) is 0 Å². The summed E-state index contributed by atoms with van der Waals surface area (Å²) in [5.74, 6) is 0.819. The zero-order valence-electron chi connectivity index (χ0n) is 10.7. The second-order valence-electron chi connectivity index (χ2n) is 4.54. The second-order valence-corrected chi connectivity index (χ2v) is 4.54. The van der Waals surface area contributed by atoms with Crippen molar-refractivity contribution in [2.45, 2.75) is 38.6 Å². The van der Waals surface area contributed by atoms with Crippen LogP contribution in [0.25, 0.3) is 0 Å². The molecule has 0 atom stereocenters. The largest absolute Gasteiger partial charge is 0.494 e. The van der Waals surface area contributed by atoms with Gasteiger partial charge < -0.3 is 15.4 Å². The summed E-state index contributed by atoms with van der Waals surface area (Å²) in [5.41, 5.74) is 0.786. The summed E-state index contributed by atoms with van der Waals surface area (Å²) in [7, 11) is 0. The van der Waals surface area contributed by atoms with Gasteiger partial charge in [0, 0.05) is 11.7 Å². The van der Waals surface area contributed by atoms with Gasteiger partial charge in [-0.3, -0.25) is 0 Å². The molecule has 1 fully saturated rings. The SMILES string of the molecule is CCOc1ccc(NC(=O)NC2CCCC2)cc1. The van der Waals surface area contributed by atoms with Gasteiger partial charge in [0.15, 0.2) is 0 Å². The van der Waals surface area contributed by atoms with E-state index in [4.69, 9.17) is 4.74 Å². The number of urea groups is 1. The Morgan fingerprint density at radius 3 is 2.56 bits per heavy atom. The Hall–Kier alpha value is -1.71. The average Bonchev–Trinajstić information content (AvgIpc) is 2.84. The zero-order chi connectivity index (χ0) is 12.8. The molecule has 0 bridgehead atoms. The minimum absolute atomic E-state index is 0.119. The lowest BCUT2D eigenvalue weighted by Gasteiger charge is -2.13. The first-order valence-electron chi connectivity index (χ1n) is 6.58. The third-order valence-electron chi connectivity index (χ3n) is 3.11. The first kappa shape index (κ1) is 12.7. The number of rotatable bonds is 4. The molecule has 4 heteroatoms. The van der Waals surface area contributed by atoms with Crippen molar-refractivity contribution < 1.29 is 9.53 Å².